The van der Waals surface area contributed by atoms with Crippen LogP contribution in [-0.2, 0) is 11.0 Å². The highest BCUT2D eigenvalue weighted by Gasteiger charge is 2.55. The SMILES string of the molecule is COc1ccccc1/C=C/[C@](C#N)(N[S@](=O)C(C)(C)C)C(F)(F)F. The van der Waals surface area contributed by atoms with Crippen molar-refractivity contribution in [1.29, 1.82) is 5.26 Å². The second kappa shape index (κ2) is 7.36. The number of para-hydroxylation sites is 1. The van der Waals surface area contributed by atoms with Crippen molar-refractivity contribution < 1.29 is 22.1 Å². The molecule has 0 aromatic heterocycles. The molecule has 1 rings (SSSR count). The summed E-state index contributed by atoms with van der Waals surface area (Å²) in [6.45, 7) is 4.54. The summed E-state index contributed by atoms with van der Waals surface area (Å²) in [5, 5.41) is 9.18. The van der Waals surface area contributed by atoms with Crippen molar-refractivity contribution in [3.8, 4) is 11.8 Å². The minimum atomic E-state index is -4.96. The number of alkyl halides is 3. The first-order valence-electron chi connectivity index (χ1n) is 6.97. The van der Waals surface area contributed by atoms with Gasteiger partial charge in [0.25, 0.3) is 0 Å². The third kappa shape index (κ3) is 4.58. The number of ether oxygens (including phenoxy) is 1. The number of rotatable bonds is 5. The van der Waals surface area contributed by atoms with Gasteiger partial charge in [-0.2, -0.15) is 18.4 Å². The van der Waals surface area contributed by atoms with Crippen molar-refractivity contribution in [3.05, 3.63) is 35.9 Å². The van der Waals surface area contributed by atoms with Crippen LogP contribution in [0.25, 0.3) is 6.08 Å². The van der Waals surface area contributed by atoms with Gasteiger partial charge < -0.3 is 4.74 Å². The fourth-order valence-electron chi connectivity index (χ4n) is 1.63. The van der Waals surface area contributed by atoms with E-state index in [1.54, 1.807) is 24.3 Å². The first kappa shape index (κ1) is 20.2. The maximum atomic E-state index is 13.5. The molecule has 4 nitrogen and oxygen atoms in total. The van der Waals surface area contributed by atoms with Crippen LogP contribution in [0.15, 0.2) is 30.3 Å². The van der Waals surface area contributed by atoms with Gasteiger partial charge in [-0.1, -0.05) is 24.3 Å². The molecule has 1 aromatic rings. The van der Waals surface area contributed by atoms with Crippen molar-refractivity contribution in [3.63, 3.8) is 0 Å². The Bertz CT molecular complexity index is 675. The number of nitriles is 1. The van der Waals surface area contributed by atoms with Gasteiger partial charge in [0, 0.05) is 5.56 Å². The van der Waals surface area contributed by atoms with Gasteiger partial charge >= 0.3 is 6.18 Å². The van der Waals surface area contributed by atoms with Crippen LogP contribution in [0.4, 0.5) is 13.2 Å². The van der Waals surface area contributed by atoms with Crippen LogP contribution < -0.4 is 9.46 Å². The molecule has 0 saturated carbocycles. The molecule has 0 amide bonds. The van der Waals surface area contributed by atoms with Crippen LogP contribution in [0, 0.1) is 11.3 Å². The fourth-order valence-corrected chi connectivity index (χ4v) is 2.46. The molecule has 132 valence electrons. The summed E-state index contributed by atoms with van der Waals surface area (Å²) < 4.78 is 58.7. The topological polar surface area (TPSA) is 62.1 Å². The Kier molecular flexibility index (Phi) is 6.20. The van der Waals surface area contributed by atoms with E-state index in [2.05, 4.69) is 0 Å². The van der Waals surface area contributed by atoms with Crippen LogP contribution >= 0.6 is 0 Å². The van der Waals surface area contributed by atoms with E-state index in [0.717, 1.165) is 6.08 Å². The lowest BCUT2D eigenvalue weighted by Gasteiger charge is -2.30. The lowest BCUT2D eigenvalue weighted by atomic mass is 10.0. The maximum absolute atomic E-state index is 13.5. The Hall–Kier alpha value is -1.85. The number of benzene rings is 1. The lowest BCUT2D eigenvalue weighted by Crippen LogP contribution is -2.57. The zero-order valence-corrected chi connectivity index (χ0v) is 14.6. The fraction of sp³-hybridized carbons (Fsp3) is 0.438. The quantitative estimate of drug-likeness (QED) is 0.873. The highest BCUT2D eigenvalue weighted by Crippen LogP contribution is 2.34. The molecule has 1 aromatic carbocycles. The molecular formula is C16H19F3N2O2S. The Morgan fingerprint density at radius 2 is 1.83 bits per heavy atom. The van der Waals surface area contributed by atoms with Crippen molar-refractivity contribution in [2.75, 3.05) is 7.11 Å². The number of nitrogens with zero attached hydrogens (tertiary/aromatic N) is 1. The number of hydrogen-bond acceptors (Lipinski definition) is 3. The van der Waals surface area contributed by atoms with Crippen LogP contribution in [-0.4, -0.2) is 27.8 Å². The van der Waals surface area contributed by atoms with E-state index >= 15 is 0 Å². The van der Waals surface area contributed by atoms with Crippen molar-refractivity contribution in [2.24, 2.45) is 0 Å². The Morgan fingerprint density at radius 1 is 1.25 bits per heavy atom. The van der Waals surface area contributed by atoms with Crippen LogP contribution in [0.1, 0.15) is 26.3 Å². The summed E-state index contributed by atoms with van der Waals surface area (Å²) >= 11 is 0. The van der Waals surface area contributed by atoms with Gasteiger partial charge in [0.2, 0.25) is 5.54 Å². The summed E-state index contributed by atoms with van der Waals surface area (Å²) in [5.41, 5.74) is -2.71. The van der Waals surface area contributed by atoms with Gasteiger partial charge in [-0.15, -0.1) is 0 Å². The second-order valence-electron chi connectivity index (χ2n) is 5.98. The molecule has 8 heteroatoms. The molecule has 1 N–H and O–H groups in total. The largest absolute Gasteiger partial charge is 0.496 e. The van der Waals surface area contributed by atoms with Crippen LogP contribution in [0.5, 0.6) is 5.75 Å². The Morgan fingerprint density at radius 3 is 2.29 bits per heavy atom. The minimum absolute atomic E-state index is 0.361. The van der Waals surface area contributed by atoms with Gasteiger partial charge in [-0.05, 0) is 32.9 Å². The molecule has 0 spiro atoms. The second-order valence-corrected chi connectivity index (χ2v) is 7.94. The lowest BCUT2D eigenvalue weighted by molar-refractivity contribution is -0.159. The van der Waals surface area contributed by atoms with Crippen molar-refractivity contribution >= 4 is 17.1 Å². The normalized spacial score (nSPS) is 16.4. The predicted molar refractivity (Wildman–Crippen MR) is 87.5 cm³/mol. The third-order valence-corrected chi connectivity index (χ3v) is 4.70. The molecule has 0 aliphatic rings. The molecule has 0 unspecified atom stereocenters. The molecule has 24 heavy (non-hydrogen) atoms. The Labute approximate surface area is 141 Å². The van der Waals surface area contributed by atoms with E-state index in [1.165, 1.54) is 34.0 Å². The first-order chi connectivity index (χ1) is 11.0. The summed E-state index contributed by atoms with van der Waals surface area (Å²) in [6.07, 6.45) is -3.17. The predicted octanol–water partition coefficient (Wildman–Crippen LogP) is 3.58. The van der Waals surface area contributed by atoms with E-state index in [4.69, 9.17) is 4.74 Å². The zero-order chi connectivity index (χ0) is 18.6. The molecule has 0 heterocycles. The molecule has 0 fully saturated rings. The molecular weight excluding hydrogens is 341 g/mol. The number of nitrogens with one attached hydrogen (secondary N) is 1. The Balaban J connectivity index is 3.32. The molecule has 0 radical (unpaired) electrons. The number of halogens is 3. The minimum Gasteiger partial charge on any atom is -0.496 e. The highest BCUT2D eigenvalue weighted by atomic mass is 32.2. The summed E-state index contributed by atoms with van der Waals surface area (Å²) in [6, 6.07) is 7.65. The summed E-state index contributed by atoms with van der Waals surface area (Å²) in [5.74, 6) is 0.361. The van der Waals surface area contributed by atoms with E-state index in [0.29, 0.717) is 17.4 Å². The first-order valence-corrected chi connectivity index (χ1v) is 8.12. The van der Waals surface area contributed by atoms with Gasteiger partial charge in [0.05, 0.1) is 28.9 Å². The van der Waals surface area contributed by atoms with E-state index in [1.807, 2.05) is 4.72 Å². The van der Waals surface area contributed by atoms with Gasteiger partial charge in [-0.25, -0.2) is 8.93 Å². The van der Waals surface area contributed by atoms with Crippen molar-refractivity contribution in [2.45, 2.75) is 37.2 Å². The van der Waals surface area contributed by atoms with E-state index in [-0.39, 0.29) is 0 Å². The van der Waals surface area contributed by atoms with E-state index < -0.39 is 27.4 Å². The molecule has 0 saturated heterocycles. The van der Waals surface area contributed by atoms with E-state index in [9.17, 15) is 22.6 Å². The molecule has 0 aliphatic carbocycles. The van der Waals surface area contributed by atoms with Crippen LogP contribution in [0.3, 0.4) is 0 Å². The summed E-state index contributed by atoms with van der Waals surface area (Å²) in [7, 11) is -0.703. The summed E-state index contributed by atoms with van der Waals surface area (Å²) in [4.78, 5) is 0. The van der Waals surface area contributed by atoms with Gasteiger partial charge in [0.1, 0.15) is 5.75 Å². The number of methoxy groups -OCH3 is 1. The molecule has 0 aliphatic heterocycles. The van der Waals surface area contributed by atoms with Gasteiger partial charge in [0.15, 0.2) is 0 Å². The average molecular weight is 360 g/mol. The maximum Gasteiger partial charge on any atom is 0.424 e. The van der Waals surface area contributed by atoms with Crippen LogP contribution in [0.2, 0.25) is 0 Å². The highest BCUT2D eigenvalue weighted by molar-refractivity contribution is 7.84. The average Bonchev–Trinajstić information content (AvgIpc) is 2.49. The third-order valence-electron chi connectivity index (χ3n) is 3.09. The smallest absolute Gasteiger partial charge is 0.424 e. The van der Waals surface area contributed by atoms with Gasteiger partial charge in [-0.3, -0.25) is 0 Å². The standard InChI is InChI=1S/C16H19F3N2O2S/c1-14(2,3)24(22)21-15(11-20,16(17,18)19)10-9-12-7-5-6-8-13(12)23-4/h5-10,21H,1-4H3/b10-9+/t15-,24-/m1/s1. The number of hydrogen-bond donors (Lipinski definition) is 1. The zero-order valence-electron chi connectivity index (χ0n) is 13.8. The molecule has 0 bridgehead atoms. The molecule has 2 atom stereocenters. The van der Waals surface area contributed by atoms with Crippen molar-refractivity contribution in [1.82, 2.24) is 4.72 Å². The monoisotopic (exact) mass is 360 g/mol.